The number of phenolic OH excluding ortho intramolecular Hbond substituents is 1. The van der Waals surface area contributed by atoms with Gasteiger partial charge in [0.1, 0.15) is 5.75 Å². The van der Waals surface area contributed by atoms with Gasteiger partial charge in [0.05, 0.1) is 17.4 Å². The van der Waals surface area contributed by atoms with E-state index >= 15 is 0 Å². The van der Waals surface area contributed by atoms with Crippen LogP contribution in [-0.2, 0) is 0 Å². The van der Waals surface area contributed by atoms with Crippen molar-refractivity contribution in [2.45, 2.75) is 0 Å². The SMILES string of the molecule is O=C(NNC(=S)Nc1cccnc1)c1ccccc1O. The van der Waals surface area contributed by atoms with Crippen molar-refractivity contribution in [3.8, 4) is 5.75 Å². The number of hydrogen-bond acceptors (Lipinski definition) is 4. The number of phenols is 1. The van der Waals surface area contributed by atoms with Gasteiger partial charge in [0.15, 0.2) is 5.11 Å². The fourth-order valence-electron chi connectivity index (χ4n) is 1.45. The molecule has 2 aromatic rings. The van der Waals surface area contributed by atoms with Crippen LogP contribution in [0.15, 0.2) is 48.8 Å². The van der Waals surface area contributed by atoms with E-state index in [0.29, 0.717) is 5.69 Å². The Labute approximate surface area is 120 Å². The number of aromatic hydroxyl groups is 1. The molecule has 0 aliphatic rings. The minimum atomic E-state index is -0.488. The highest BCUT2D eigenvalue weighted by Gasteiger charge is 2.09. The number of hydrazine groups is 1. The Balaban J connectivity index is 1.88. The van der Waals surface area contributed by atoms with Gasteiger partial charge >= 0.3 is 0 Å². The number of para-hydroxylation sites is 1. The van der Waals surface area contributed by atoms with Crippen LogP contribution in [0.3, 0.4) is 0 Å². The first-order valence-electron chi connectivity index (χ1n) is 5.72. The van der Waals surface area contributed by atoms with Crippen molar-refractivity contribution in [1.82, 2.24) is 15.8 Å². The lowest BCUT2D eigenvalue weighted by atomic mass is 10.2. The number of nitrogens with one attached hydrogen (secondary N) is 3. The first kappa shape index (κ1) is 13.8. The van der Waals surface area contributed by atoms with Crippen LogP contribution < -0.4 is 16.2 Å². The van der Waals surface area contributed by atoms with E-state index in [0.717, 1.165) is 0 Å². The topological polar surface area (TPSA) is 86.3 Å². The summed E-state index contributed by atoms with van der Waals surface area (Å²) in [5.74, 6) is -0.587. The van der Waals surface area contributed by atoms with Crippen LogP contribution in [0, 0.1) is 0 Å². The first-order chi connectivity index (χ1) is 9.66. The molecule has 1 amide bonds. The smallest absolute Gasteiger partial charge is 0.273 e. The van der Waals surface area contributed by atoms with Gasteiger partial charge < -0.3 is 10.4 Å². The van der Waals surface area contributed by atoms with Crippen LogP contribution >= 0.6 is 12.2 Å². The van der Waals surface area contributed by atoms with Gasteiger partial charge in [-0.3, -0.25) is 20.6 Å². The third kappa shape index (κ3) is 3.66. The number of thiocarbonyl (C=S) groups is 1. The number of carbonyl (C=O) groups is 1. The summed E-state index contributed by atoms with van der Waals surface area (Å²) in [5.41, 5.74) is 5.78. The third-order valence-corrected chi connectivity index (χ3v) is 2.56. The first-order valence-corrected chi connectivity index (χ1v) is 6.13. The summed E-state index contributed by atoms with van der Waals surface area (Å²) in [5, 5.41) is 12.6. The quantitative estimate of drug-likeness (QED) is 0.494. The van der Waals surface area contributed by atoms with E-state index in [9.17, 15) is 9.90 Å². The molecular weight excluding hydrogens is 276 g/mol. The van der Waals surface area contributed by atoms with Crippen molar-refractivity contribution in [2.24, 2.45) is 0 Å². The van der Waals surface area contributed by atoms with E-state index < -0.39 is 5.91 Å². The third-order valence-electron chi connectivity index (χ3n) is 2.36. The molecule has 0 bridgehead atoms. The van der Waals surface area contributed by atoms with Crippen LogP contribution in [0.25, 0.3) is 0 Å². The second kappa shape index (κ2) is 6.48. The molecule has 4 N–H and O–H groups in total. The summed E-state index contributed by atoms with van der Waals surface area (Å²) in [4.78, 5) is 15.7. The van der Waals surface area contributed by atoms with Crippen molar-refractivity contribution in [1.29, 1.82) is 0 Å². The van der Waals surface area contributed by atoms with E-state index in [-0.39, 0.29) is 16.4 Å². The lowest BCUT2D eigenvalue weighted by molar-refractivity contribution is 0.0941. The average molecular weight is 288 g/mol. The fraction of sp³-hybridized carbons (Fsp3) is 0. The number of carbonyl (C=O) groups excluding carboxylic acids is 1. The van der Waals surface area contributed by atoms with Gasteiger partial charge in [-0.05, 0) is 36.5 Å². The summed E-state index contributed by atoms with van der Waals surface area (Å²) >= 11 is 5.01. The zero-order valence-corrected chi connectivity index (χ0v) is 11.1. The number of pyridine rings is 1. The van der Waals surface area contributed by atoms with Gasteiger partial charge in [-0.2, -0.15) is 0 Å². The van der Waals surface area contributed by atoms with Crippen LogP contribution in [-0.4, -0.2) is 21.1 Å². The number of anilines is 1. The van der Waals surface area contributed by atoms with Crippen molar-refractivity contribution in [2.75, 3.05) is 5.32 Å². The molecule has 0 radical (unpaired) electrons. The molecule has 0 saturated heterocycles. The maximum Gasteiger partial charge on any atom is 0.273 e. The van der Waals surface area contributed by atoms with Crippen LogP contribution in [0.4, 0.5) is 5.69 Å². The van der Waals surface area contributed by atoms with Crippen molar-refractivity contribution in [3.05, 3.63) is 54.4 Å². The highest BCUT2D eigenvalue weighted by molar-refractivity contribution is 7.80. The Morgan fingerprint density at radius 3 is 2.65 bits per heavy atom. The van der Waals surface area contributed by atoms with Gasteiger partial charge in [0.2, 0.25) is 0 Å². The minimum absolute atomic E-state index is 0.0991. The second-order valence-electron chi connectivity index (χ2n) is 3.79. The lowest BCUT2D eigenvalue weighted by Crippen LogP contribution is -2.43. The Morgan fingerprint density at radius 2 is 1.95 bits per heavy atom. The Hall–Kier alpha value is -2.67. The largest absolute Gasteiger partial charge is 0.507 e. The number of rotatable bonds is 2. The zero-order chi connectivity index (χ0) is 14.4. The zero-order valence-electron chi connectivity index (χ0n) is 10.3. The number of aromatic nitrogens is 1. The maximum absolute atomic E-state index is 11.8. The normalized spacial score (nSPS) is 9.60. The van der Waals surface area contributed by atoms with E-state index in [1.807, 2.05) is 0 Å². The Morgan fingerprint density at radius 1 is 1.15 bits per heavy atom. The number of amides is 1. The van der Waals surface area contributed by atoms with Crippen molar-refractivity contribution >= 4 is 28.9 Å². The molecule has 20 heavy (non-hydrogen) atoms. The molecule has 0 aliphatic carbocycles. The summed E-state index contributed by atoms with van der Waals surface area (Å²) in [6.45, 7) is 0. The second-order valence-corrected chi connectivity index (χ2v) is 4.20. The fourth-order valence-corrected chi connectivity index (χ4v) is 1.61. The highest BCUT2D eigenvalue weighted by Crippen LogP contribution is 2.14. The number of hydrogen-bond donors (Lipinski definition) is 4. The molecular formula is C13H12N4O2S. The molecule has 0 fully saturated rings. The van der Waals surface area contributed by atoms with Gasteiger partial charge in [0, 0.05) is 6.20 Å². The lowest BCUT2D eigenvalue weighted by Gasteiger charge is -2.11. The van der Waals surface area contributed by atoms with Crippen molar-refractivity contribution < 1.29 is 9.90 Å². The Kier molecular flexibility index (Phi) is 4.46. The average Bonchev–Trinajstić information content (AvgIpc) is 2.46. The molecule has 1 heterocycles. The van der Waals surface area contributed by atoms with Crippen LogP contribution in [0.5, 0.6) is 5.75 Å². The van der Waals surface area contributed by atoms with Gasteiger partial charge in [-0.15, -0.1) is 0 Å². The molecule has 102 valence electrons. The van der Waals surface area contributed by atoms with Gasteiger partial charge in [-0.25, -0.2) is 0 Å². The molecule has 0 aliphatic heterocycles. The number of benzene rings is 1. The molecule has 0 saturated carbocycles. The molecule has 1 aromatic heterocycles. The van der Waals surface area contributed by atoms with Crippen LogP contribution in [0.2, 0.25) is 0 Å². The molecule has 1 aromatic carbocycles. The summed E-state index contributed by atoms with van der Waals surface area (Å²) < 4.78 is 0. The Bertz CT molecular complexity index is 619. The molecule has 0 atom stereocenters. The van der Waals surface area contributed by atoms with Gasteiger partial charge in [-0.1, -0.05) is 12.1 Å². The van der Waals surface area contributed by atoms with E-state index in [1.54, 1.807) is 36.7 Å². The summed E-state index contributed by atoms with van der Waals surface area (Å²) in [6, 6.07) is 9.76. The van der Waals surface area contributed by atoms with Gasteiger partial charge in [0.25, 0.3) is 5.91 Å². The monoisotopic (exact) mass is 288 g/mol. The summed E-state index contributed by atoms with van der Waals surface area (Å²) in [7, 11) is 0. The van der Waals surface area contributed by atoms with E-state index in [1.165, 1.54) is 12.1 Å². The standard InChI is InChI=1S/C13H12N4O2S/c18-11-6-2-1-5-10(11)12(19)16-17-13(20)15-9-4-3-7-14-8-9/h1-8,18H,(H,16,19)(H2,15,17,20). The number of nitrogens with zero attached hydrogens (tertiary/aromatic N) is 1. The molecule has 6 nitrogen and oxygen atoms in total. The summed E-state index contributed by atoms with van der Waals surface area (Å²) in [6.07, 6.45) is 3.24. The molecule has 0 spiro atoms. The predicted octanol–water partition coefficient (Wildman–Crippen LogP) is 1.42. The van der Waals surface area contributed by atoms with Crippen molar-refractivity contribution in [3.63, 3.8) is 0 Å². The minimum Gasteiger partial charge on any atom is -0.507 e. The maximum atomic E-state index is 11.8. The van der Waals surface area contributed by atoms with Crippen LogP contribution in [0.1, 0.15) is 10.4 Å². The van der Waals surface area contributed by atoms with E-state index in [2.05, 4.69) is 21.2 Å². The highest BCUT2D eigenvalue weighted by atomic mass is 32.1. The molecule has 7 heteroatoms. The predicted molar refractivity (Wildman–Crippen MR) is 79.2 cm³/mol. The molecule has 0 unspecified atom stereocenters. The molecule has 2 rings (SSSR count). The van der Waals surface area contributed by atoms with E-state index in [4.69, 9.17) is 12.2 Å².